The Labute approximate surface area is 160 Å². The van der Waals surface area contributed by atoms with Crippen molar-refractivity contribution in [1.29, 1.82) is 0 Å². The third kappa shape index (κ3) is 5.99. The first-order chi connectivity index (χ1) is 12.5. The van der Waals surface area contributed by atoms with E-state index in [0.717, 1.165) is 34.8 Å². The van der Waals surface area contributed by atoms with Crippen molar-refractivity contribution in [3.05, 3.63) is 53.6 Å². The van der Waals surface area contributed by atoms with Crippen LogP contribution in [0.2, 0.25) is 0 Å². The first-order valence-corrected chi connectivity index (χ1v) is 9.66. The average Bonchev–Trinajstić information content (AvgIpc) is 2.65. The molecule has 0 aliphatic carbocycles. The second-order valence-corrected chi connectivity index (χ2v) is 7.36. The summed E-state index contributed by atoms with van der Waals surface area (Å²) in [7, 11) is 5.17. The maximum Gasteiger partial charge on any atom is 0.222 e. The standard InChI is InChI=1S/C21H27NO3S/c1-16-7-12-20(25-4)17(14-16)15-22(2)21(23)6-5-13-26-19-10-8-18(24-3)9-11-19/h7-12,14H,5-6,13,15H2,1-4H3. The molecular formula is C21H27NO3S. The SMILES string of the molecule is COc1ccc(SCCCC(=O)N(C)Cc2cc(C)ccc2OC)cc1. The number of hydrogen-bond donors (Lipinski definition) is 0. The van der Waals surface area contributed by atoms with Gasteiger partial charge < -0.3 is 14.4 Å². The fourth-order valence-corrected chi connectivity index (χ4v) is 3.50. The number of aryl methyl sites for hydroxylation is 1. The lowest BCUT2D eigenvalue weighted by atomic mass is 10.1. The van der Waals surface area contributed by atoms with E-state index < -0.39 is 0 Å². The lowest BCUT2D eigenvalue weighted by Gasteiger charge is -2.19. The van der Waals surface area contributed by atoms with E-state index in [1.807, 2.05) is 50.4 Å². The van der Waals surface area contributed by atoms with Crippen LogP contribution in [0.4, 0.5) is 0 Å². The van der Waals surface area contributed by atoms with Crippen LogP contribution >= 0.6 is 11.8 Å². The van der Waals surface area contributed by atoms with Crippen LogP contribution in [0.15, 0.2) is 47.4 Å². The quantitative estimate of drug-likeness (QED) is 0.478. The summed E-state index contributed by atoms with van der Waals surface area (Å²) in [5.74, 6) is 2.76. The van der Waals surface area contributed by atoms with E-state index in [-0.39, 0.29) is 5.91 Å². The molecule has 0 radical (unpaired) electrons. The first-order valence-electron chi connectivity index (χ1n) is 8.68. The fourth-order valence-electron chi connectivity index (χ4n) is 2.65. The lowest BCUT2D eigenvalue weighted by Crippen LogP contribution is -2.26. The zero-order valence-corrected chi connectivity index (χ0v) is 16.8. The lowest BCUT2D eigenvalue weighted by molar-refractivity contribution is -0.130. The van der Waals surface area contributed by atoms with Crippen molar-refractivity contribution in [3.8, 4) is 11.5 Å². The van der Waals surface area contributed by atoms with Crippen LogP contribution in [0.5, 0.6) is 11.5 Å². The molecule has 0 unspecified atom stereocenters. The van der Waals surface area contributed by atoms with Gasteiger partial charge >= 0.3 is 0 Å². The van der Waals surface area contributed by atoms with Gasteiger partial charge in [-0.25, -0.2) is 0 Å². The number of methoxy groups -OCH3 is 2. The van der Waals surface area contributed by atoms with Crippen molar-refractivity contribution in [1.82, 2.24) is 4.90 Å². The van der Waals surface area contributed by atoms with Crippen LogP contribution in [0, 0.1) is 6.92 Å². The number of nitrogens with zero attached hydrogens (tertiary/aromatic N) is 1. The second-order valence-electron chi connectivity index (χ2n) is 6.19. The minimum absolute atomic E-state index is 0.156. The Morgan fingerprint density at radius 3 is 2.46 bits per heavy atom. The third-order valence-electron chi connectivity index (χ3n) is 4.13. The summed E-state index contributed by atoms with van der Waals surface area (Å²) in [5, 5.41) is 0. The third-order valence-corrected chi connectivity index (χ3v) is 5.23. The average molecular weight is 374 g/mol. The monoisotopic (exact) mass is 373 g/mol. The molecule has 0 aliphatic rings. The number of amides is 1. The van der Waals surface area contributed by atoms with Crippen molar-refractivity contribution < 1.29 is 14.3 Å². The van der Waals surface area contributed by atoms with E-state index in [2.05, 4.69) is 6.07 Å². The van der Waals surface area contributed by atoms with E-state index in [9.17, 15) is 4.79 Å². The molecule has 0 N–H and O–H groups in total. The zero-order chi connectivity index (χ0) is 18.9. The summed E-state index contributed by atoms with van der Waals surface area (Å²) >= 11 is 1.76. The summed E-state index contributed by atoms with van der Waals surface area (Å²) in [6, 6.07) is 14.0. The van der Waals surface area contributed by atoms with Crippen LogP contribution in [0.25, 0.3) is 0 Å². The number of thioether (sulfide) groups is 1. The molecule has 4 nitrogen and oxygen atoms in total. The molecule has 26 heavy (non-hydrogen) atoms. The van der Waals surface area contributed by atoms with Crippen LogP contribution < -0.4 is 9.47 Å². The molecule has 2 aromatic carbocycles. The topological polar surface area (TPSA) is 38.8 Å². The van der Waals surface area contributed by atoms with E-state index in [0.29, 0.717) is 13.0 Å². The normalized spacial score (nSPS) is 10.5. The Balaban J connectivity index is 1.77. The number of carbonyl (C=O) groups is 1. The van der Waals surface area contributed by atoms with Gasteiger partial charge in [0.1, 0.15) is 11.5 Å². The van der Waals surface area contributed by atoms with Gasteiger partial charge in [-0.3, -0.25) is 4.79 Å². The fraction of sp³-hybridized carbons (Fsp3) is 0.381. The van der Waals surface area contributed by atoms with Gasteiger partial charge in [-0.1, -0.05) is 17.7 Å². The number of ether oxygens (including phenoxy) is 2. The van der Waals surface area contributed by atoms with Gasteiger partial charge in [0, 0.05) is 30.5 Å². The van der Waals surface area contributed by atoms with Gasteiger partial charge in [0.15, 0.2) is 0 Å². The van der Waals surface area contributed by atoms with E-state index in [1.54, 1.807) is 30.9 Å². The summed E-state index contributed by atoms with van der Waals surface area (Å²) in [4.78, 5) is 15.4. The highest BCUT2D eigenvalue weighted by atomic mass is 32.2. The molecule has 0 saturated heterocycles. The van der Waals surface area contributed by atoms with Gasteiger partial charge in [0.2, 0.25) is 5.91 Å². The molecular weight excluding hydrogens is 346 g/mol. The molecule has 140 valence electrons. The van der Waals surface area contributed by atoms with Crippen molar-refractivity contribution in [3.63, 3.8) is 0 Å². The highest BCUT2D eigenvalue weighted by Gasteiger charge is 2.12. The number of hydrogen-bond acceptors (Lipinski definition) is 4. The van der Waals surface area contributed by atoms with Gasteiger partial charge in [0.25, 0.3) is 0 Å². The maximum atomic E-state index is 12.4. The zero-order valence-electron chi connectivity index (χ0n) is 16.0. The second kappa shape index (κ2) is 10.1. The summed E-state index contributed by atoms with van der Waals surface area (Å²) in [6.45, 7) is 2.61. The van der Waals surface area contributed by atoms with Crippen molar-refractivity contribution in [2.24, 2.45) is 0 Å². The van der Waals surface area contributed by atoms with Crippen LogP contribution in [0.3, 0.4) is 0 Å². The van der Waals surface area contributed by atoms with Gasteiger partial charge in [-0.05, 0) is 49.4 Å². The van der Waals surface area contributed by atoms with Gasteiger partial charge in [-0.2, -0.15) is 0 Å². The molecule has 0 atom stereocenters. The molecule has 2 aromatic rings. The van der Waals surface area contributed by atoms with E-state index in [1.165, 1.54) is 4.90 Å². The van der Waals surface area contributed by atoms with Crippen molar-refractivity contribution in [2.45, 2.75) is 31.2 Å². The predicted octanol–water partition coefficient (Wildman–Crippen LogP) is 4.54. The molecule has 0 bridgehead atoms. The Hall–Kier alpha value is -2.14. The predicted molar refractivity (Wildman–Crippen MR) is 107 cm³/mol. The number of benzene rings is 2. The van der Waals surface area contributed by atoms with E-state index >= 15 is 0 Å². The minimum atomic E-state index is 0.156. The largest absolute Gasteiger partial charge is 0.497 e. The van der Waals surface area contributed by atoms with Crippen LogP contribution in [-0.4, -0.2) is 37.8 Å². The molecule has 2 rings (SSSR count). The van der Waals surface area contributed by atoms with Crippen molar-refractivity contribution >= 4 is 17.7 Å². The minimum Gasteiger partial charge on any atom is -0.497 e. The molecule has 0 aliphatic heterocycles. The smallest absolute Gasteiger partial charge is 0.222 e. The highest BCUT2D eigenvalue weighted by molar-refractivity contribution is 7.99. The molecule has 0 aromatic heterocycles. The molecule has 0 heterocycles. The van der Waals surface area contributed by atoms with Gasteiger partial charge in [0.05, 0.1) is 14.2 Å². The van der Waals surface area contributed by atoms with Gasteiger partial charge in [-0.15, -0.1) is 11.8 Å². The summed E-state index contributed by atoms with van der Waals surface area (Å²) in [6.07, 6.45) is 1.40. The molecule has 0 spiro atoms. The Morgan fingerprint density at radius 1 is 1.08 bits per heavy atom. The summed E-state index contributed by atoms with van der Waals surface area (Å²) in [5.41, 5.74) is 2.20. The first kappa shape index (κ1) is 20.2. The molecule has 1 amide bonds. The highest BCUT2D eigenvalue weighted by Crippen LogP contribution is 2.23. The number of carbonyl (C=O) groups excluding carboxylic acids is 1. The Kier molecular flexibility index (Phi) is 7.85. The number of rotatable bonds is 9. The van der Waals surface area contributed by atoms with Crippen LogP contribution in [-0.2, 0) is 11.3 Å². The molecule has 0 fully saturated rings. The Bertz CT molecular complexity index is 716. The Morgan fingerprint density at radius 2 is 1.81 bits per heavy atom. The van der Waals surface area contributed by atoms with E-state index in [4.69, 9.17) is 9.47 Å². The summed E-state index contributed by atoms with van der Waals surface area (Å²) < 4.78 is 10.6. The molecule has 0 saturated carbocycles. The molecule has 5 heteroatoms. The van der Waals surface area contributed by atoms with Crippen LogP contribution in [0.1, 0.15) is 24.0 Å². The van der Waals surface area contributed by atoms with Crippen molar-refractivity contribution in [2.75, 3.05) is 27.0 Å². The maximum absolute atomic E-state index is 12.4.